The molecule has 4 nitrogen and oxygen atoms in total. The lowest BCUT2D eigenvalue weighted by Gasteiger charge is -2.34. The van der Waals surface area contributed by atoms with Crippen LogP contribution in [-0.2, 0) is 0 Å². The van der Waals surface area contributed by atoms with Gasteiger partial charge in [0.05, 0.1) is 0 Å². The Hall–Kier alpha value is -0.420. The van der Waals surface area contributed by atoms with E-state index in [1.807, 2.05) is 18.9 Å². The number of rotatable bonds is 4. The first-order chi connectivity index (χ1) is 7.93. The van der Waals surface area contributed by atoms with E-state index in [1.165, 1.54) is 12.2 Å². The van der Waals surface area contributed by atoms with E-state index in [2.05, 4.69) is 35.7 Å². The number of nitrogens with zero attached hydrogens (tertiary/aromatic N) is 1. The molecule has 1 saturated heterocycles. The Morgan fingerprint density at radius 1 is 1.47 bits per heavy atom. The second-order valence-corrected chi connectivity index (χ2v) is 6.68. The first-order valence-corrected chi connectivity index (χ1v) is 7.30. The summed E-state index contributed by atoms with van der Waals surface area (Å²) in [6.07, 6.45) is 1.25. The SMILES string of the molecule is CCNC(=O)N[C@H](CN1CCCS1)C(C)(C)C. The van der Waals surface area contributed by atoms with E-state index < -0.39 is 0 Å². The molecule has 0 aromatic rings. The van der Waals surface area contributed by atoms with Crippen LogP contribution in [0.3, 0.4) is 0 Å². The molecule has 1 aliphatic rings. The maximum atomic E-state index is 11.6. The van der Waals surface area contributed by atoms with E-state index in [0.717, 1.165) is 13.1 Å². The fraction of sp³-hybridized carbons (Fsp3) is 0.917. The number of urea groups is 1. The summed E-state index contributed by atoms with van der Waals surface area (Å²) in [4.78, 5) is 11.6. The summed E-state index contributed by atoms with van der Waals surface area (Å²) in [6.45, 7) is 11.2. The van der Waals surface area contributed by atoms with Crippen molar-refractivity contribution in [1.29, 1.82) is 0 Å². The zero-order valence-corrected chi connectivity index (χ0v) is 12.2. The van der Waals surface area contributed by atoms with E-state index in [1.54, 1.807) is 0 Å². The summed E-state index contributed by atoms with van der Waals surface area (Å²) >= 11 is 1.89. The summed E-state index contributed by atoms with van der Waals surface area (Å²) in [7, 11) is 0. The van der Waals surface area contributed by atoms with Gasteiger partial charge in [0.15, 0.2) is 0 Å². The van der Waals surface area contributed by atoms with Crippen molar-refractivity contribution in [2.24, 2.45) is 5.41 Å². The fourth-order valence-corrected chi connectivity index (χ4v) is 2.78. The minimum atomic E-state index is -0.0587. The van der Waals surface area contributed by atoms with Crippen LogP contribution >= 0.6 is 11.9 Å². The van der Waals surface area contributed by atoms with Crippen LogP contribution in [0.15, 0.2) is 0 Å². The van der Waals surface area contributed by atoms with Crippen LogP contribution in [0.4, 0.5) is 4.79 Å². The lowest BCUT2D eigenvalue weighted by atomic mass is 9.86. The van der Waals surface area contributed by atoms with Gasteiger partial charge in [-0.3, -0.25) is 0 Å². The van der Waals surface area contributed by atoms with Crippen LogP contribution in [-0.4, -0.2) is 41.8 Å². The predicted molar refractivity (Wildman–Crippen MR) is 74.1 cm³/mol. The first kappa shape index (κ1) is 14.6. The molecule has 1 rings (SSSR count). The number of amides is 2. The number of carbonyl (C=O) groups is 1. The van der Waals surface area contributed by atoms with Crippen molar-refractivity contribution in [3.8, 4) is 0 Å². The molecule has 1 fully saturated rings. The van der Waals surface area contributed by atoms with Crippen molar-refractivity contribution >= 4 is 18.0 Å². The van der Waals surface area contributed by atoms with Crippen LogP contribution in [0.25, 0.3) is 0 Å². The van der Waals surface area contributed by atoms with Crippen molar-refractivity contribution in [3.05, 3.63) is 0 Å². The molecule has 5 heteroatoms. The van der Waals surface area contributed by atoms with E-state index >= 15 is 0 Å². The second-order valence-electron chi connectivity index (χ2n) is 5.50. The third-order valence-electron chi connectivity index (χ3n) is 2.90. The maximum absolute atomic E-state index is 11.6. The van der Waals surface area contributed by atoms with Gasteiger partial charge >= 0.3 is 6.03 Å². The number of carbonyl (C=O) groups excluding carboxylic acids is 1. The molecule has 0 unspecified atom stereocenters. The number of nitrogens with one attached hydrogen (secondary N) is 2. The third-order valence-corrected chi connectivity index (χ3v) is 4.07. The molecule has 1 atom stereocenters. The molecule has 0 bridgehead atoms. The van der Waals surface area contributed by atoms with Gasteiger partial charge in [-0.1, -0.05) is 32.7 Å². The number of hydrogen-bond donors (Lipinski definition) is 2. The molecular formula is C12H25N3OS. The fourth-order valence-electron chi connectivity index (χ4n) is 1.75. The Morgan fingerprint density at radius 2 is 2.18 bits per heavy atom. The standard InChI is InChI=1S/C12H25N3OS/c1-5-13-11(16)14-10(12(2,3)4)9-15-7-6-8-17-15/h10H,5-9H2,1-4H3,(H2,13,14,16)/t10-/m1/s1. The van der Waals surface area contributed by atoms with Gasteiger partial charge < -0.3 is 10.6 Å². The summed E-state index contributed by atoms with van der Waals surface area (Å²) in [5.41, 5.74) is 0.0776. The van der Waals surface area contributed by atoms with Crippen LogP contribution in [0.2, 0.25) is 0 Å². The summed E-state index contributed by atoms with van der Waals surface area (Å²) in [5.74, 6) is 1.21. The van der Waals surface area contributed by atoms with Gasteiger partial charge in [0.2, 0.25) is 0 Å². The minimum absolute atomic E-state index is 0.0587. The lowest BCUT2D eigenvalue weighted by Crippen LogP contribution is -2.52. The van der Waals surface area contributed by atoms with Crippen molar-refractivity contribution in [2.75, 3.05) is 25.4 Å². The van der Waals surface area contributed by atoms with E-state index in [0.29, 0.717) is 6.54 Å². The summed E-state index contributed by atoms with van der Waals surface area (Å²) in [5, 5.41) is 5.88. The van der Waals surface area contributed by atoms with Crippen molar-refractivity contribution < 1.29 is 4.79 Å². The van der Waals surface area contributed by atoms with Gasteiger partial charge in [-0.05, 0) is 18.8 Å². The van der Waals surface area contributed by atoms with E-state index in [-0.39, 0.29) is 17.5 Å². The Morgan fingerprint density at radius 3 is 2.65 bits per heavy atom. The Labute approximate surface area is 109 Å². The van der Waals surface area contributed by atoms with Gasteiger partial charge in [0, 0.05) is 31.4 Å². The molecule has 100 valence electrons. The smallest absolute Gasteiger partial charge is 0.315 e. The third kappa shape index (κ3) is 5.17. The molecule has 0 radical (unpaired) electrons. The van der Waals surface area contributed by atoms with Crippen molar-refractivity contribution in [2.45, 2.75) is 40.2 Å². The zero-order chi connectivity index (χ0) is 12.9. The van der Waals surface area contributed by atoms with Gasteiger partial charge in [-0.25, -0.2) is 9.10 Å². The normalized spacial score (nSPS) is 19.1. The molecule has 2 N–H and O–H groups in total. The van der Waals surface area contributed by atoms with E-state index in [4.69, 9.17) is 0 Å². The molecule has 0 aromatic carbocycles. The highest BCUT2D eigenvalue weighted by atomic mass is 32.2. The van der Waals surface area contributed by atoms with Gasteiger partial charge in [0.25, 0.3) is 0 Å². The average molecular weight is 259 g/mol. The summed E-state index contributed by atoms with van der Waals surface area (Å²) in [6, 6.07) is 0.122. The Balaban J connectivity index is 2.51. The van der Waals surface area contributed by atoms with Crippen LogP contribution in [0, 0.1) is 5.41 Å². The number of hydrogen-bond acceptors (Lipinski definition) is 3. The molecule has 1 heterocycles. The van der Waals surface area contributed by atoms with Crippen LogP contribution in [0.5, 0.6) is 0 Å². The molecule has 0 saturated carbocycles. The quantitative estimate of drug-likeness (QED) is 0.760. The molecule has 1 aliphatic heterocycles. The molecule has 2 amide bonds. The minimum Gasteiger partial charge on any atom is -0.338 e. The van der Waals surface area contributed by atoms with Gasteiger partial charge in [-0.2, -0.15) is 0 Å². The first-order valence-electron chi connectivity index (χ1n) is 6.35. The average Bonchev–Trinajstić information content (AvgIpc) is 2.68. The Kier molecular flexibility index (Phi) is 5.59. The van der Waals surface area contributed by atoms with E-state index in [9.17, 15) is 4.79 Å². The molecular weight excluding hydrogens is 234 g/mol. The largest absolute Gasteiger partial charge is 0.338 e. The van der Waals surface area contributed by atoms with Crippen LogP contribution < -0.4 is 10.6 Å². The second kappa shape index (κ2) is 6.50. The molecule has 0 spiro atoms. The predicted octanol–water partition coefficient (Wildman–Crippen LogP) is 2.07. The van der Waals surface area contributed by atoms with Crippen LogP contribution in [0.1, 0.15) is 34.1 Å². The van der Waals surface area contributed by atoms with Crippen molar-refractivity contribution in [1.82, 2.24) is 14.9 Å². The monoisotopic (exact) mass is 259 g/mol. The highest BCUT2D eigenvalue weighted by Crippen LogP contribution is 2.25. The van der Waals surface area contributed by atoms with Gasteiger partial charge in [-0.15, -0.1) is 0 Å². The highest BCUT2D eigenvalue weighted by molar-refractivity contribution is 7.97. The van der Waals surface area contributed by atoms with Crippen molar-refractivity contribution in [3.63, 3.8) is 0 Å². The topological polar surface area (TPSA) is 44.4 Å². The molecule has 0 aromatic heterocycles. The zero-order valence-electron chi connectivity index (χ0n) is 11.4. The molecule has 17 heavy (non-hydrogen) atoms. The highest BCUT2D eigenvalue weighted by Gasteiger charge is 2.29. The maximum Gasteiger partial charge on any atom is 0.315 e. The Bertz CT molecular complexity index is 247. The summed E-state index contributed by atoms with van der Waals surface area (Å²) < 4.78 is 2.36. The lowest BCUT2D eigenvalue weighted by molar-refractivity contribution is 0.207. The van der Waals surface area contributed by atoms with Gasteiger partial charge in [0.1, 0.15) is 0 Å². The molecule has 0 aliphatic carbocycles.